The molecule has 4 N–H and O–H groups in total. The minimum Gasteiger partial charge on any atom is -0.388 e. The molecule has 0 aromatic heterocycles. The van der Waals surface area contributed by atoms with E-state index in [2.05, 4.69) is 0 Å². The molecular formula is C27H52N2O4. The molecule has 1 rings (SSSR count). The summed E-state index contributed by atoms with van der Waals surface area (Å²) in [6.07, 6.45) is 6.23. The van der Waals surface area contributed by atoms with Crippen molar-refractivity contribution in [1.29, 1.82) is 0 Å². The van der Waals surface area contributed by atoms with Crippen molar-refractivity contribution in [1.82, 2.24) is 4.90 Å². The summed E-state index contributed by atoms with van der Waals surface area (Å²) in [5.74, 6) is -1.01. The normalized spacial score (nSPS) is 17.8. The molecule has 0 bridgehead atoms. The van der Waals surface area contributed by atoms with Crippen LogP contribution >= 0.6 is 0 Å². The Morgan fingerprint density at radius 1 is 0.788 bits per heavy atom. The van der Waals surface area contributed by atoms with E-state index in [4.69, 9.17) is 5.73 Å². The molecule has 1 aliphatic carbocycles. The van der Waals surface area contributed by atoms with Gasteiger partial charge in [0.15, 0.2) is 0 Å². The second-order valence-corrected chi connectivity index (χ2v) is 11.2. The molecular weight excluding hydrogens is 416 g/mol. The highest BCUT2D eigenvalue weighted by Gasteiger charge is 2.62. The van der Waals surface area contributed by atoms with Gasteiger partial charge in [-0.25, -0.2) is 0 Å². The van der Waals surface area contributed by atoms with Crippen molar-refractivity contribution in [2.24, 2.45) is 23.0 Å². The molecule has 2 unspecified atom stereocenters. The molecule has 194 valence electrons. The van der Waals surface area contributed by atoms with Gasteiger partial charge in [0.25, 0.3) is 0 Å². The first-order valence-corrected chi connectivity index (χ1v) is 13.4. The summed E-state index contributed by atoms with van der Waals surface area (Å²) in [7, 11) is 0. The van der Waals surface area contributed by atoms with Gasteiger partial charge in [-0.3, -0.25) is 9.59 Å². The Morgan fingerprint density at radius 2 is 1.09 bits per heavy atom. The number of nitrogens with two attached hydrogens (primary N) is 1. The van der Waals surface area contributed by atoms with Gasteiger partial charge in [0.2, 0.25) is 11.8 Å². The molecule has 6 nitrogen and oxygen atoms in total. The molecule has 1 fully saturated rings. The highest BCUT2D eigenvalue weighted by Crippen LogP contribution is 2.50. The summed E-state index contributed by atoms with van der Waals surface area (Å²) in [5, 5.41) is 24.1. The van der Waals surface area contributed by atoms with Gasteiger partial charge >= 0.3 is 0 Å². The first-order chi connectivity index (χ1) is 15.3. The largest absolute Gasteiger partial charge is 0.388 e. The topological polar surface area (TPSA) is 104 Å². The van der Waals surface area contributed by atoms with Gasteiger partial charge in [0.1, 0.15) is 5.41 Å². The minimum atomic E-state index is -1.21. The quantitative estimate of drug-likeness (QED) is 0.283. The summed E-state index contributed by atoms with van der Waals surface area (Å²) in [4.78, 5) is 28.5. The minimum absolute atomic E-state index is 0.0607. The van der Waals surface area contributed by atoms with Crippen LogP contribution in [-0.4, -0.2) is 50.2 Å². The molecule has 1 saturated carbocycles. The van der Waals surface area contributed by atoms with E-state index in [-0.39, 0.29) is 17.7 Å². The number of rotatable bonds is 16. The number of carbonyl (C=O) groups excluding carboxylic acids is 2. The molecule has 6 heteroatoms. The van der Waals surface area contributed by atoms with Crippen molar-refractivity contribution >= 4 is 11.8 Å². The second kappa shape index (κ2) is 12.0. The molecule has 0 heterocycles. The fraction of sp³-hybridized carbons (Fsp3) is 0.926. The molecule has 0 saturated heterocycles. The lowest BCUT2D eigenvalue weighted by Crippen LogP contribution is -2.68. The predicted molar refractivity (Wildman–Crippen MR) is 134 cm³/mol. The van der Waals surface area contributed by atoms with Gasteiger partial charge in [-0.15, -0.1) is 0 Å². The molecule has 1 aliphatic rings. The third kappa shape index (κ3) is 6.30. The summed E-state index contributed by atoms with van der Waals surface area (Å²) in [6, 6.07) is -1.04. The van der Waals surface area contributed by atoms with Gasteiger partial charge in [-0.2, -0.15) is 0 Å². The molecule has 2 atom stereocenters. The van der Waals surface area contributed by atoms with E-state index >= 15 is 0 Å². The highest BCUT2D eigenvalue weighted by atomic mass is 16.3. The van der Waals surface area contributed by atoms with Crippen LogP contribution in [0.25, 0.3) is 0 Å². The predicted octanol–water partition coefficient (Wildman–Crippen LogP) is 4.79. The lowest BCUT2D eigenvalue weighted by molar-refractivity contribution is -0.177. The number of hydrogen-bond donors (Lipinski definition) is 3. The van der Waals surface area contributed by atoms with Crippen molar-refractivity contribution < 1.29 is 19.8 Å². The number of primary amides is 1. The van der Waals surface area contributed by atoms with E-state index in [1.165, 1.54) is 0 Å². The van der Waals surface area contributed by atoms with Crippen LogP contribution in [0.5, 0.6) is 0 Å². The molecule has 0 spiro atoms. The zero-order valence-electron chi connectivity index (χ0n) is 22.6. The van der Waals surface area contributed by atoms with Crippen LogP contribution in [0.3, 0.4) is 0 Å². The van der Waals surface area contributed by atoms with Gasteiger partial charge in [0.05, 0.1) is 23.3 Å². The van der Waals surface area contributed by atoms with Crippen LogP contribution in [0.4, 0.5) is 0 Å². The molecule has 33 heavy (non-hydrogen) atoms. The lowest BCUT2D eigenvalue weighted by atomic mass is 9.72. The van der Waals surface area contributed by atoms with Crippen molar-refractivity contribution in [3.05, 3.63) is 0 Å². The summed E-state index contributed by atoms with van der Waals surface area (Å²) in [5.41, 5.74) is 2.35. The third-order valence-corrected chi connectivity index (χ3v) is 7.56. The van der Waals surface area contributed by atoms with Crippen LogP contribution in [0.1, 0.15) is 120 Å². The van der Waals surface area contributed by atoms with Gasteiger partial charge < -0.3 is 20.8 Å². The Kier molecular flexibility index (Phi) is 10.9. The average molecular weight is 469 g/mol. The van der Waals surface area contributed by atoms with Crippen molar-refractivity contribution in [3.8, 4) is 0 Å². The first-order valence-electron chi connectivity index (χ1n) is 13.4. The molecule has 0 aromatic rings. The Bertz CT molecular complexity index is 596. The standard InChI is InChI=1S/C27H52N2O4/c1-9-13-26(32,14-10-2)21(19(5)6)29(24(31)25(17-18-25)23(28)30)22(20(7)8)27(33,15-11-3)16-12-4/h19-22,32-33H,9-18H2,1-8H3,(H2,28,30). The fourth-order valence-electron chi connectivity index (χ4n) is 6.34. The van der Waals surface area contributed by atoms with Gasteiger partial charge in [0, 0.05) is 0 Å². The van der Waals surface area contributed by atoms with Crippen molar-refractivity contribution in [3.63, 3.8) is 0 Å². The highest BCUT2D eigenvalue weighted by molar-refractivity contribution is 6.07. The maximum Gasteiger partial charge on any atom is 0.238 e. The Labute approximate surface area is 202 Å². The Morgan fingerprint density at radius 3 is 1.27 bits per heavy atom. The first kappa shape index (κ1) is 29.9. The molecule has 2 amide bonds. The zero-order chi connectivity index (χ0) is 25.6. The summed E-state index contributed by atoms with van der Waals surface area (Å²) < 4.78 is 0. The van der Waals surface area contributed by atoms with Crippen LogP contribution in [-0.2, 0) is 9.59 Å². The Hall–Kier alpha value is -1.14. The van der Waals surface area contributed by atoms with Crippen LogP contribution < -0.4 is 5.73 Å². The van der Waals surface area contributed by atoms with E-state index in [0.29, 0.717) is 38.5 Å². The molecule has 0 aromatic carbocycles. The van der Waals surface area contributed by atoms with Crippen LogP contribution in [0, 0.1) is 17.3 Å². The SMILES string of the molecule is CCCC(O)(CCC)C(C(C)C)N(C(=O)C1(C(N)=O)CC1)C(C(C)C)C(O)(CCC)CCC. The smallest absolute Gasteiger partial charge is 0.238 e. The van der Waals surface area contributed by atoms with E-state index < -0.39 is 34.6 Å². The number of nitrogens with zero attached hydrogens (tertiary/aromatic N) is 1. The van der Waals surface area contributed by atoms with Crippen molar-refractivity contribution in [2.75, 3.05) is 0 Å². The van der Waals surface area contributed by atoms with E-state index in [1.54, 1.807) is 4.90 Å². The fourth-order valence-corrected chi connectivity index (χ4v) is 6.34. The van der Waals surface area contributed by atoms with Crippen LogP contribution in [0.2, 0.25) is 0 Å². The Balaban J connectivity index is 3.86. The van der Waals surface area contributed by atoms with Crippen LogP contribution in [0.15, 0.2) is 0 Å². The zero-order valence-corrected chi connectivity index (χ0v) is 22.6. The van der Waals surface area contributed by atoms with E-state index in [9.17, 15) is 19.8 Å². The monoisotopic (exact) mass is 468 g/mol. The lowest BCUT2D eigenvalue weighted by Gasteiger charge is -2.54. The van der Waals surface area contributed by atoms with Gasteiger partial charge in [-0.05, 0) is 50.4 Å². The van der Waals surface area contributed by atoms with Crippen molar-refractivity contribution in [2.45, 2.75) is 143 Å². The maximum atomic E-state index is 14.3. The molecule has 0 radical (unpaired) electrons. The van der Waals surface area contributed by atoms with E-state index in [0.717, 1.165) is 25.7 Å². The average Bonchev–Trinajstić information content (AvgIpc) is 3.49. The third-order valence-electron chi connectivity index (χ3n) is 7.56. The number of hydrogen-bond acceptors (Lipinski definition) is 4. The van der Waals surface area contributed by atoms with Gasteiger partial charge in [-0.1, -0.05) is 81.1 Å². The second-order valence-electron chi connectivity index (χ2n) is 11.2. The molecule has 0 aliphatic heterocycles. The summed E-state index contributed by atoms with van der Waals surface area (Å²) >= 11 is 0. The summed E-state index contributed by atoms with van der Waals surface area (Å²) in [6.45, 7) is 16.3. The van der Waals surface area contributed by atoms with E-state index in [1.807, 2.05) is 55.4 Å². The number of amides is 2. The number of aliphatic hydroxyl groups is 2. The maximum absolute atomic E-state index is 14.3. The number of carbonyl (C=O) groups is 2.